The molecule has 1 saturated carbocycles. The normalized spacial score (nSPS) is 15.6. The van der Waals surface area contributed by atoms with Crippen LogP contribution in [-0.4, -0.2) is 12.1 Å². The fourth-order valence-electron chi connectivity index (χ4n) is 4.02. The first-order valence-corrected chi connectivity index (χ1v) is 11.0. The Bertz CT molecular complexity index is 578. The molecule has 0 spiro atoms. The van der Waals surface area contributed by atoms with E-state index in [0.717, 1.165) is 32.1 Å². The van der Waals surface area contributed by atoms with Crippen LogP contribution in [0.2, 0.25) is 0 Å². The van der Waals surface area contributed by atoms with Gasteiger partial charge in [0.1, 0.15) is 5.60 Å². The lowest BCUT2D eigenvalue weighted by Crippen LogP contribution is -2.12. The van der Waals surface area contributed by atoms with Crippen molar-refractivity contribution < 1.29 is 9.53 Å². The highest BCUT2D eigenvalue weighted by Crippen LogP contribution is 2.43. The molecule has 27 heavy (non-hydrogen) atoms. The van der Waals surface area contributed by atoms with Crippen LogP contribution in [0, 0.1) is 12.3 Å². The predicted octanol–water partition coefficient (Wildman–Crippen LogP) is 6.95. The van der Waals surface area contributed by atoms with Crippen molar-refractivity contribution >= 4 is 6.47 Å². The molecule has 0 heterocycles. The molecule has 1 aliphatic carbocycles. The van der Waals surface area contributed by atoms with E-state index in [9.17, 15) is 4.79 Å². The van der Waals surface area contributed by atoms with Gasteiger partial charge >= 0.3 is 0 Å². The molecule has 1 aromatic rings. The van der Waals surface area contributed by atoms with Crippen molar-refractivity contribution in [1.82, 2.24) is 0 Å². The van der Waals surface area contributed by atoms with Crippen molar-refractivity contribution in [3.8, 4) is 0 Å². The first kappa shape index (κ1) is 22.0. The maximum Gasteiger partial charge on any atom is 0.293 e. The van der Waals surface area contributed by atoms with Crippen molar-refractivity contribution in [3.05, 3.63) is 34.9 Å². The topological polar surface area (TPSA) is 26.3 Å². The van der Waals surface area contributed by atoms with E-state index in [2.05, 4.69) is 45.9 Å². The number of hydrogen-bond donors (Lipinski definition) is 0. The van der Waals surface area contributed by atoms with Crippen molar-refractivity contribution in [2.24, 2.45) is 5.41 Å². The van der Waals surface area contributed by atoms with E-state index in [0.29, 0.717) is 11.9 Å². The summed E-state index contributed by atoms with van der Waals surface area (Å²) >= 11 is 0. The second-order valence-corrected chi connectivity index (χ2v) is 9.91. The molecular formula is C25H40O2. The molecule has 0 atom stereocenters. The highest BCUT2D eigenvalue weighted by Gasteiger charge is 2.44. The zero-order valence-electron chi connectivity index (χ0n) is 18.1. The van der Waals surface area contributed by atoms with Crippen molar-refractivity contribution in [3.63, 3.8) is 0 Å². The lowest BCUT2D eigenvalue weighted by Gasteiger charge is -2.17. The highest BCUT2D eigenvalue weighted by atomic mass is 16.5. The van der Waals surface area contributed by atoms with Gasteiger partial charge in [-0.1, -0.05) is 63.8 Å². The van der Waals surface area contributed by atoms with Crippen LogP contribution in [-0.2, 0) is 22.4 Å². The van der Waals surface area contributed by atoms with Crippen molar-refractivity contribution in [1.29, 1.82) is 0 Å². The van der Waals surface area contributed by atoms with Crippen LogP contribution in [0.1, 0.15) is 102 Å². The molecule has 0 bridgehead atoms. The molecule has 0 amide bonds. The highest BCUT2D eigenvalue weighted by molar-refractivity contribution is 5.39. The molecule has 0 aliphatic heterocycles. The molecule has 2 heteroatoms. The van der Waals surface area contributed by atoms with E-state index in [-0.39, 0.29) is 5.60 Å². The number of carbonyl (C=O) groups excluding carboxylic acids is 1. The molecule has 0 aromatic heterocycles. The number of rotatable bonds is 13. The summed E-state index contributed by atoms with van der Waals surface area (Å²) in [5.74, 6) is 0. The SMILES string of the molecule is Cc1cc(CCCCCCC(C)(C)C)cc(CCCCC2(OC=O)CC2)c1. The Morgan fingerprint density at radius 2 is 1.52 bits per heavy atom. The lowest BCUT2D eigenvalue weighted by molar-refractivity contribution is -0.135. The Labute approximate surface area is 167 Å². The molecular weight excluding hydrogens is 332 g/mol. The molecule has 2 rings (SSSR count). The summed E-state index contributed by atoms with van der Waals surface area (Å²) in [5.41, 5.74) is 4.75. The average molecular weight is 373 g/mol. The molecule has 0 radical (unpaired) electrons. The molecule has 1 aliphatic rings. The lowest BCUT2D eigenvalue weighted by atomic mass is 9.89. The molecule has 1 fully saturated rings. The van der Waals surface area contributed by atoms with Crippen LogP contribution < -0.4 is 0 Å². The summed E-state index contributed by atoms with van der Waals surface area (Å²) < 4.78 is 5.24. The Hall–Kier alpha value is -1.31. The summed E-state index contributed by atoms with van der Waals surface area (Å²) in [6.07, 6.45) is 14.5. The largest absolute Gasteiger partial charge is 0.461 e. The minimum absolute atomic E-state index is 0.0908. The first-order chi connectivity index (χ1) is 12.8. The van der Waals surface area contributed by atoms with Gasteiger partial charge in [-0.05, 0) is 81.3 Å². The van der Waals surface area contributed by atoms with Gasteiger partial charge in [0.25, 0.3) is 6.47 Å². The summed E-state index contributed by atoms with van der Waals surface area (Å²) in [5, 5.41) is 0. The number of unbranched alkanes of at least 4 members (excludes halogenated alkanes) is 4. The number of aryl methyl sites for hydroxylation is 3. The maximum atomic E-state index is 10.6. The van der Waals surface area contributed by atoms with E-state index in [1.165, 1.54) is 61.6 Å². The molecule has 2 nitrogen and oxygen atoms in total. The minimum Gasteiger partial charge on any atom is -0.461 e. The Morgan fingerprint density at radius 3 is 2.07 bits per heavy atom. The van der Waals surface area contributed by atoms with Crippen LogP contribution in [0.15, 0.2) is 18.2 Å². The van der Waals surface area contributed by atoms with E-state index in [1.807, 2.05) is 0 Å². The van der Waals surface area contributed by atoms with Crippen LogP contribution in [0.25, 0.3) is 0 Å². The smallest absolute Gasteiger partial charge is 0.293 e. The van der Waals surface area contributed by atoms with Gasteiger partial charge in [-0.3, -0.25) is 4.79 Å². The van der Waals surface area contributed by atoms with Gasteiger partial charge < -0.3 is 4.74 Å². The summed E-state index contributed by atoms with van der Waals surface area (Å²) in [6.45, 7) is 9.85. The second kappa shape index (κ2) is 10.3. The quantitative estimate of drug-likeness (QED) is 0.276. The summed E-state index contributed by atoms with van der Waals surface area (Å²) in [4.78, 5) is 10.6. The van der Waals surface area contributed by atoms with Gasteiger partial charge in [0, 0.05) is 0 Å². The minimum atomic E-state index is -0.0908. The molecule has 0 N–H and O–H groups in total. The van der Waals surface area contributed by atoms with E-state index in [1.54, 1.807) is 0 Å². The fourth-order valence-corrected chi connectivity index (χ4v) is 4.02. The zero-order valence-corrected chi connectivity index (χ0v) is 18.1. The molecule has 1 aromatic carbocycles. The third-order valence-corrected chi connectivity index (χ3v) is 5.79. The number of carbonyl (C=O) groups is 1. The zero-order chi connectivity index (χ0) is 19.8. The maximum absolute atomic E-state index is 10.6. The molecule has 0 unspecified atom stereocenters. The fraction of sp³-hybridized carbons (Fsp3) is 0.720. The van der Waals surface area contributed by atoms with E-state index >= 15 is 0 Å². The van der Waals surface area contributed by atoms with Crippen molar-refractivity contribution in [2.75, 3.05) is 0 Å². The third kappa shape index (κ3) is 8.95. The van der Waals surface area contributed by atoms with Crippen molar-refractivity contribution in [2.45, 2.75) is 110 Å². The first-order valence-electron chi connectivity index (χ1n) is 11.0. The van der Waals surface area contributed by atoms with Gasteiger partial charge in [0.05, 0.1) is 0 Å². The Morgan fingerprint density at radius 1 is 0.926 bits per heavy atom. The average Bonchev–Trinajstić information content (AvgIpc) is 3.34. The van der Waals surface area contributed by atoms with Crippen LogP contribution in [0.5, 0.6) is 0 Å². The number of benzene rings is 1. The van der Waals surface area contributed by atoms with Gasteiger partial charge in [-0.25, -0.2) is 0 Å². The van der Waals surface area contributed by atoms with Crippen LogP contribution >= 0.6 is 0 Å². The Kier molecular flexibility index (Phi) is 8.38. The predicted molar refractivity (Wildman–Crippen MR) is 114 cm³/mol. The standard InChI is InChI=1S/C25H40O2/c1-21-17-22(11-7-5-6-9-13-24(2,3)4)19-23(18-21)12-8-10-14-25(15-16-25)27-20-26/h17-20H,5-16H2,1-4H3. The Balaban J connectivity index is 1.66. The van der Waals surface area contributed by atoms with E-state index in [4.69, 9.17) is 4.74 Å². The number of ether oxygens (including phenoxy) is 1. The molecule has 152 valence electrons. The second-order valence-electron chi connectivity index (χ2n) is 9.91. The third-order valence-electron chi connectivity index (χ3n) is 5.79. The van der Waals surface area contributed by atoms with Gasteiger partial charge in [-0.2, -0.15) is 0 Å². The summed E-state index contributed by atoms with van der Waals surface area (Å²) in [6, 6.07) is 7.11. The van der Waals surface area contributed by atoms with Crippen LogP contribution in [0.4, 0.5) is 0 Å². The van der Waals surface area contributed by atoms with Gasteiger partial charge in [-0.15, -0.1) is 0 Å². The summed E-state index contributed by atoms with van der Waals surface area (Å²) in [7, 11) is 0. The monoisotopic (exact) mass is 372 g/mol. The van der Waals surface area contributed by atoms with Crippen LogP contribution in [0.3, 0.4) is 0 Å². The number of hydrogen-bond acceptors (Lipinski definition) is 2. The molecule has 0 saturated heterocycles. The van der Waals surface area contributed by atoms with Gasteiger partial charge in [0.2, 0.25) is 0 Å². The van der Waals surface area contributed by atoms with Gasteiger partial charge in [0.15, 0.2) is 0 Å². The van der Waals surface area contributed by atoms with E-state index < -0.39 is 0 Å².